The third-order valence-electron chi connectivity index (χ3n) is 3.05. The molecule has 2 rings (SSSR count). The van der Waals surface area contributed by atoms with Crippen LogP contribution in [0.5, 0.6) is 0 Å². The Bertz CT molecular complexity index is 740. The standard InChI is InChI=1S/C12H15FN4O2S/c1-8-9(6-15-17(8)2)7-16-20(18,19)12-5-10(13)3-4-11(12)14/h3-6,16H,7,14H2,1-2H3. The van der Waals surface area contributed by atoms with Crippen LogP contribution in [0.2, 0.25) is 0 Å². The summed E-state index contributed by atoms with van der Waals surface area (Å²) in [6.07, 6.45) is 1.58. The molecule has 0 saturated heterocycles. The summed E-state index contributed by atoms with van der Waals surface area (Å²) in [4.78, 5) is -0.265. The second kappa shape index (κ2) is 5.22. The number of hydrogen-bond donors (Lipinski definition) is 2. The molecule has 1 aromatic carbocycles. The highest BCUT2D eigenvalue weighted by Crippen LogP contribution is 2.19. The van der Waals surface area contributed by atoms with E-state index in [2.05, 4.69) is 9.82 Å². The molecule has 0 unspecified atom stereocenters. The SMILES string of the molecule is Cc1c(CNS(=O)(=O)c2cc(F)ccc2N)cnn1C. The molecular weight excluding hydrogens is 283 g/mol. The minimum absolute atomic E-state index is 0.00167. The molecule has 0 atom stereocenters. The van der Waals surface area contributed by atoms with E-state index in [9.17, 15) is 12.8 Å². The van der Waals surface area contributed by atoms with E-state index in [1.807, 2.05) is 6.92 Å². The van der Waals surface area contributed by atoms with Crippen molar-refractivity contribution in [2.45, 2.75) is 18.4 Å². The number of nitrogens with zero attached hydrogens (tertiary/aromatic N) is 2. The fraction of sp³-hybridized carbons (Fsp3) is 0.250. The molecule has 0 amide bonds. The van der Waals surface area contributed by atoms with E-state index >= 15 is 0 Å². The van der Waals surface area contributed by atoms with Gasteiger partial charge in [-0.1, -0.05) is 0 Å². The highest BCUT2D eigenvalue weighted by molar-refractivity contribution is 7.89. The molecule has 0 radical (unpaired) electrons. The molecule has 0 bridgehead atoms. The maximum atomic E-state index is 13.1. The molecule has 6 nitrogen and oxygen atoms in total. The van der Waals surface area contributed by atoms with Gasteiger partial charge in [0, 0.05) is 24.8 Å². The lowest BCUT2D eigenvalue weighted by atomic mass is 10.3. The molecule has 0 aliphatic rings. The molecule has 108 valence electrons. The number of aryl methyl sites for hydroxylation is 1. The maximum absolute atomic E-state index is 13.1. The molecule has 8 heteroatoms. The summed E-state index contributed by atoms with van der Waals surface area (Å²) in [6, 6.07) is 3.23. The fourth-order valence-corrected chi connectivity index (χ4v) is 2.86. The minimum atomic E-state index is -3.87. The van der Waals surface area contributed by atoms with Gasteiger partial charge < -0.3 is 5.73 Å². The molecular formula is C12H15FN4O2S. The fourth-order valence-electron chi connectivity index (χ4n) is 1.71. The van der Waals surface area contributed by atoms with E-state index in [4.69, 9.17) is 5.73 Å². The van der Waals surface area contributed by atoms with E-state index in [-0.39, 0.29) is 17.1 Å². The first-order valence-corrected chi connectivity index (χ1v) is 7.32. The van der Waals surface area contributed by atoms with Gasteiger partial charge >= 0.3 is 0 Å². The number of nitrogen functional groups attached to an aromatic ring is 1. The molecule has 0 fully saturated rings. The van der Waals surface area contributed by atoms with Gasteiger partial charge in [0.15, 0.2) is 0 Å². The summed E-state index contributed by atoms with van der Waals surface area (Å²) in [7, 11) is -2.11. The third kappa shape index (κ3) is 2.81. The van der Waals surface area contributed by atoms with Crippen molar-refractivity contribution in [3.8, 4) is 0 Å². The Morgan fingerprint density at radius 3 is 2.75 bits per heavy atom. The Morgan fingerprint density at radius 2 is 2.15 bits per heavy atom. The van der Waals surface area contributed by atoms with Crippen molar-refractivity contribution < 1.29 is 12.8 Å². The Balaban J connectivity index is 2.24. The van der Waals surface area contributed by atoms with Gasteiger partial charge in [-0.05, 0) is 25.1 Å². The van der Waals surface area contributed by atoms with Gasteiger partial charge in [0.2, 0.25) is 10.0 Å². The summed E-state index contributed by atoms with van der Waals surface area (Å²) >= 11 is 0. The average Bonchev–Trinajstić information content (AvgIpc) is 2.70. The van der Waals surface area contributed by atoms with Crippen LogP contribution in [0.1, 0.15) is 11.3 Å². The quantitative estimate of drug-likeness (QED) is 0.822. The number of sulfonamides is 1. The Morgan fingerprint density at radius 1 is 1.45 bits per heavy atom. The molecule has 1 aromatic heterocycles. The molecule has 1 heterocycles. The summed E-state index contributed by atoms with van der Waals surface area (Å²) in [6.45, 7) is 1.89. The number of halogens is 1. The van der Waals surface area contributed by atoms with Gasteiger partial charge in [0.25, 0.3) is 0 Å². The number of aromatic nitrogens is 2. The predicted octanol–water partition coefficient (Wildman–Crippen LogP) is 0.928. The van der Waals surface area contributed by atoms with Crippen molar-refractivity contribution in [2.75, 3.05) is 5.73 Å². The van der Waals surface area contributed by atoms with Crippen LogP contribution in [-0.2, 0) is 23.6 Å². The van der Waals surface area contributed by atoms with E-state index in [0.29, 0.717) is 0 Å². The first-order valence-electron chi connectivity index (χ1n) is 5.83. The van der Waals surface area contributed by atoms with Gasteiger partial charge in [-0.3, -0.25) is 4.68 Å². The van der Waals surface area contributed by atoms with E-state index in [1.54, 1.807) is 17.9 Å². The lowest BCUT2D eigenvalue weighted by molar-refractivity contribution is 0.577. The average molecular weight is 298 g/mol. The van der Waals surface area contributed by atoms with Crippen LogP contribution in [0, 0.1) is 12.7 Å². The molecule has 0 spiro atoms. The van der Waals surface area contributed by atoms with Crippen molar-refractivity contribution in [2.24, 2.45) is 7.05 Å². The summed E-state index contributed by atoms with van der Waals surface area (Å²) in [5, 5.41) is 4.02. The smallest absolute Gasteiger partial charge is 0.243 e. The van der Waals surface area contributed by atoms with Crippen molar-refractivity contribution in [1.82, 2.24) is 14.5 Å². The molecule has 20 heavy (non-hydrogen) atoms. The first-order chi connectivity index (χ1) is 9.31. The van der Waals surface area contributed by atoms with E-state index in [0.717, 1.165) is 23.4 Å². The van der Waals surface area contributed by atoms with Crippen LogP contribution in [-0.4, -0.2) is 18.2 Å². The van der Waals surface area contributed by atoms with Crippen molar-refractivity contribution in [1.29, 1.82) is 0 Å². The van der Waals surface area contributed by atoms with E-state index < -0.39 is 15.8 Å². The van der Waals surface area contributed by atoms with Crippen molar-refractivity contribution >= 4 is 15.7 Å². The number of hydrogen-bond acceptors (Lipinski definition) is 4. The highest BCUT2D eigenvalue weighted by atomic mass is 32.2. The Hall–Kier alpha value is -1.93. The van der Waals surface area contributed by atoms with Crippen LogP contribution < -0.4 is 10.5 Å². The topological polar surface area (TPSA) is 90.0 Å². The number of anilines is 1. The predicted molar refractivity (Wildman–Crippen MR) is 72.8 cm³/mol. The second-order valence-corrected chi connectivity index (χ2v) is 6.12. The molecule has 0 aliphatic carbocycles. The third-order valence-corrected chi connectivity index (χ3v) is 4.51. The van der Waals surface area contributed by atoms with Gasteiger partial charge in [-0.2, -0.15) is 5.10 Å². The Kier molecular flexibility index (Phi) is 3.78. The van der Waals surface area contributed by atoms with Gasteiger partial charge in [-0.25, -0.2) is 17.5 Å². The summed E-state index contributed by atoms with van der Waals surface area (Å²) in [5.74, 6) is -0.655. The molecule has 0 aliphatic heterocycles. The van der Waals surface area contributed by atoms with Crippen LogP contribution in [0.25, 0.3) is 0 Å². The molecule has 3 N–H and O–H groups in total. The molecule has 0 saturated carbocycles. The van der Waals surface area contributed by atoms with Gasteiger partial charge in [0.1, 0.15) is 10.7 Å². The van der Waals surface area contributed by atoms with Crippen LogP contribution >= 0.6 is 0 Å². The maximum Gasteiger partial charge on any atom is 0.243 e. The number of nitrogens with one attached hydrogen (secondary N) is 1. The van der Waals surface area contributed by atoms with Crippen molar-refractivity contribution in [3.05, 3.63) is 41.5 Å². The lowest BCUT2D eigenvalue weighted by Gasteiger charge is -2.09. The lowest BCUT2D eigenvalue weighted by Crippen LogP contribution is -2.24. The monoisotopic (exact) mass is 298 g/mol. The van der Waals surface area contributed by atoms with Gasteiger partial charge in [-0.15, -0.1) is 0 Å². The zero-order chi connectivity index (χ0) is 14.9. The zero-order valence-electron chi connectivity index (χ0n) is 11.1. The normalized spacial score (nSPS) is 11.8. The van der Waals surface area contributed by atoms with Crippen LogP contribution in [0.4, 0.5) is 10.1 Å². The number of rotatable bonds is 4. The molecule has 2 aromatic rings. The second-order valence-electron chi connectivity index (χ2n) is 4.39. The largest absolute Gasteiger partial charge is 0.398 e. The summed E-state index contributed by atoms with van der Waals surface area (Å²) in [5.41, 5.74) is 7.17. The van der Waals surface area contributed by atoms with Crippen LogP contribution in [0.15, 0.2) is 29.3 Å². The first kappa shape index (κ1) is 14.5. The minimum Gasteiger partial charge on any atom is -0.398 e. The van der Waals surface area contributed by atoms with Gasteiger partial charge in [0.05, 0.1) is 11.9 Å². The summed E-state index contributed by atoms with van der Waals surface area (Å²) < 4.78 is 41.4. The Labute approximate surface area is 116 Å². The number of nitrogens with two attached hydrogens (primary N) is 1. The number of benzene rings is 1. The van der Waals surface area contributed by atoms with E-state index in [1.165, 1.54) is 6.07 Å². The van der Waals surface area contributed by atoms with Crippen molar-refractivity contribution in [3.63, 3.8) is 0 Å². The highest BCUT2D eigenvalue weighted by Gasteiger charge is 2.18. The van der Waals surface area contributed by atoms with Crippen LogP contribution in [0.3, 0.4) is 0 Å². The zero-order valence-corrected chi connectivity index (χ0v) is 11.9.